The normalized spacial score (nSPS) is 22.4. The Morgan fingerprint density at radius 1 is 1.21 bits per heavy atom. The molecule has 0 atom stereocenters. The highest BCUT2D eigenvalue weighted by atomic mass is 16.2. The van der Waals surface area contributed by atoms with Crippen molar-refractivity contribution in [2.75, 3.05) is 6.54 Å². The van der Waals surface area contributed by atoms with E-state index < -0.39 is 17.4 Å². The van der Waals surface area contributed by atoms with Gasteiger partial charge in [-0.05, 0) is 26.7 Å². The van der Waals surface area contributed by atoms with Crippen LogP contribution in [0, 0.1) is 5.41 Å². The molecule has 1 spiro atoms. The Hall–Kier alpha value is -1.65. The second-order valence-electron chi connectivity index (χ2n) is 5.60. The van der Waals surface area contributed by atoms with Gasteiger partial charge < -0.3 is 0 Å². The predicted octanol–water partition coefficient (Wildman–Crippen LogP) is 1.98. The first kappa shape index (κ1) is 13.8. The molecule has 5 nitrogen and oxygen atoms in total. The van der Waals surface area contributed by atoms with Crippen molar-refractivity contribution in [3.05, 3.63) is 11.6 Å². The molecule has 0 radical (unpaired) electrons. The molecule has 1 N–H and O–H groups in total. The molecule has 1 aliphatic carbocycles. The zero-order valence-electron chi connectivity index (χ0n) is 11.5. The van der Waals surface area contributed by atoms with Gasteiger partial charge in [-0.1, -0.05) is 30.9 Å². The SMILES string of the molecule is CC(C)=CCN1C(=O)NC(=O)C2(CCCCC2)C1=O. The third-order valence-electron chi connectivity index (χ3n) is 3.94. The van der Waals surface area contributed by atoms with E-state index in [0.29, 0.717) is 12.8 Å². The fourth-order valence-electron chi connectivity index (χ4n) is 2.77. The summed E-state index contributed by atoms with van der Waals surface area (Å²) < 4.78 is 0. The Balaban J connectivity index is 2.26. The van der Waals surface area contributed by atoms with Gasteiger partial charge in [-0.3, -0.25) is 19.8 Å². The lowest BCUT2D eigenvalue weighted by molar-refractivity contribution is -0.153. The van der Waals surface area contributed by atoms with E-state index >= 15 is 0 Å². The fourth-order valence-corrected chi connectivity index (χ4v) is 2.77. The number of nitrogens with zero attached hydrogens (tertiary/aromatic N) is 1. The highest BCUT2D eigenvalue weighted by molar-refractivity contribution is 6.19. The van der Waals surface area contributed by atoms with Crippen LogP contribution in [0.5, 0.6) is 0 Å². The molecule has 0 aromatic carbocycles. The van der Waals surface area contributed by atoms with Crippen LogP contribution in [0.2, 0.25) is 0 Å². The van der Waals surface area contributed by atoms with E-state index in [1.54, 1.807) is 0 Å². The number of nitrogens with one attached hydrogen (secondary N) is 1. The standard InChI is InChI=1S/C14H20N2O3/c1-10(2)6-9-16-12(18)14(7-4-3-5-8-14)11(17)15-13(16)19/h6H,3-5,7-9H2,1-2H3,(H,15,17,19). The maximum atomic E-state index is 12.6. The van der Waals surface area contributed by atoms with Crippen molar-refractivity contribution >= 4 is 17.8 Å². The van der Waals surface area contributed by atoms with Crippen LogP contribution < -0.4 is 5.32 Å². The summed E-state index contributed by atoms with van der Waals surface area (Å²) in [5.74, 6) is -0.728. The van der Waals surface area contributed by atoms with Gasteiger partial charge in [0.05, 0.1) is 0 Å². The minimum Gasteiger partial charge on any atom is -0.277 e. The monoisotopic (exact) mass is 264 g/mol. The molecular formula is C14H20N2O3. The van der Waals surface area contributed by atoms with E-state index in [-0.39, 0.29) is 12.5 Å². The first-order valence-corrected chi connectivity index (χ1v) is 6.78. The summed E-state index contributed by atoms with van der Waals surface area (Å²) in [6, 6.07) is -0.594. The van der Waals surface area contributed by atoms with E-state index in [2.05, 4.69) is 5.32 Å². The van der Waals surface area contributed by atoms with Crippen molar-refractivity contribution in [2.45, 2.75) is 46.0 Å². The lowest BCUT2D eigenvalue weighted by Crippen LogP contribution is -2.64. The number of hydrogen-bond donors (Lipinski definition) is 1. The third-order valence-corrected chi connectivity index (χ3v) is 3.94. The molecule has 0 aromatic heterocycles. The van der Waals surface area contributed by atoms with Crippen LogP contribution in [-0.4, -0.2) is 29.3 Å². The second kappa shape index (κ2) is 5.15. The van der Waals surface area contributed by atoms with Crippen LogP contribution in [0.15, 0.2) is 11.6 Å². The average Bonchev–Trinajstić information content (AvgIpc) is 2.37. The van der Waals surface area contributed by atoms with Gasteiger partial charge >= 0.3 is 6.03 Å². The van der Waals surface area contributed by atoms with E-state index in [9.17, 15) is 14.4 Å². The van der Waals surface area contributed by atoms with E-state index in [4.69, 9.17) is 0 Å². The maximum absolute atomic E-state index is 12.6. The third kappa shape index (κ3) is 2.41. The summed E-state index contributed by atoms with van der Waals surface area (Å²) in [4.78, 5) is 37.6. The summed E-state index contributed by atoms with van der Waals surface area (Å²) >= 11 is 0. The lowest BCUT2D eigenvalue weighted by atomic mass is 9.71. The molecule has 1 saturated heterocycles. The highest BCUT2D eigenvalue weighted by Gasteiger charge is 2.53. The molecule has 1 saturated carbocycles. The first-order valence-electron chi connectivity index (χ1n) is 6.78. The zero-order chi connectivity index (χ0) is 14.0. The Morgan fingerprint density at radius 2 is 1.84 bits per heavy atom. The average molecular weight is 264 g/mol. The second-order valence-corrected chi connectivity index (χ2v) is 5.60. The van der Waals surface area contributed by atoms with E-state index in [1.807, 2.05) is 19.9 Å². The molecule has 4 amide bonds. The molecule has 1 heterocycles. The summed E-state index contributed by atoms with van der Waals surface area (Å²) in [7, 11) is 0. The molecule has 2 aliphatic rings. The van der Waals surface area contributed by atoms with Crippen molar-refractivity contribution in [1.29, 1.82) is 0 Å². The van der Waals surface area contributed by atoms with Gasteiger partial charge in [0.1, 0.15) is 5.41 Å². The Bertz CT molecular complexity index is 444. The number of barbiturate groups is 1. The van der Waals surface area contributed by atoms with Crippen molar-refractivity contribution in [3.8, 4) is 0 Å². The Labute approximate surface area is 113 Å². The van der Waals surface area contributed by atoms with Crippen LogP contribution in [0.4, 0.5) is 4.79 Å². The molecule has 1 aliphatic heterocycles. The number of rotatable bonds is 2. The number of urea groups is 1. The molecule has 104 valence electrons. The van der Waals surface area contributed by atoms with Gasteiger partial charge in [0.15, 0.2) is 0 Å². The number of imide groups is 2. The van der Waals surface area contributed by atoms with Gasteiger partial charge in [-0.25, -0.2) is 4.79 Å². The van der Waals surface area contributed by atoms with Crippen LogP contribution in [0.25, 0.3) is 0 Å². The predicted molar refractivity (Wildman–Crippen MR) is 70.2 cm³/mol. The molecule has 0 bridgehead atoms. The van der Waals surface area contributed by atoms with Gasteiger partial charge in [0.2, 0.25) is 11.8 Å². The summed E-state index contributed by atoms with van der Waals surface area (Å²) in [5.41, 5.74) is 0.0388. The van der Waals surface area contributed by atoms with Crippen LogP contribution in [0.1, 0.15) is 46.0 Å². The first-order chi connectivity index (χ1) is 8.97. The van der Waals surface area contributed by atoms with E-state index in [0.717, 1.165) is 24.8 Å². The van der Waals surface area contributed by atoms with Crippen molar-refractivity contribution in [3.63, 3.8) is 0 Å². The van der Waals surface area contributed by atoms with Crippen LogP contribution in [0.3, 0.4) is 0 Å². The van der Waals surface area contributed by atoms with Gasteiger partial charge in [0.25, 0.3) is 0 Å². The number of amides is 4. The van der Waals surface area contributed by atoms with Crippen LogP contribution in [-0.2, 0) is 9.59 Å². The quantitative estimate of drug-likeness (QED) is 0.612. The fraction of sp³-hybridized carbons (Fsp3) is 0.643. The smallest absolute Gasteiger partial charge is 0.277 e. The maximum Gasteiger partial charge on any atom is 0.331 e. The molecule has 0 aromatic rings. The van der Waals surface area contributed by atoms with Crippen molar-refractivity contribution < 1.29 is 14.4 Å². The number of carbonyl (C=O) groups excluding carboxylic acids is 3. The van der Waals surface area contributed by atoms with Gasteiger partial charge in [-0.15, -0.1) is 0 Å². The number of carbonyl (C=O) groups is 3. The zero-order valence-corrected chi connectivity index (χ0v) is 11.5. The minimum absolute atomic E-state index is 0.238. The summed E-state index contributed by atoms with van der Waals surface area (Å²) in [6.45, 7) is 4.06. The molecule has 5 heteroatoms. The van der Waals surface area contributed by atoms with Crippen molar-refractivity contribution in [1.82, 2.24) is 10.2 Å². The lowest BCUT2D eigenvalue weighted by Gasteiger charge is -2.41. The topological polar surface area (TPSA) is 66.5 Å². The molecule has 2 rings (SSSR count). The largest absolute Gasteiger partial charge is 0.331 e. The summed E-state index contributed by atoms with van der Waals surface area (Å²) in [6.07, 6.45) is 5.70. The highest BCUT2D eigenvalue weighted by Crippen LogP contribution is 2.40. The van der Waals surface area contributed by atoms with Gasteiger partial charge in [-0.2, -0.15) is 0 Å². The Kier molecular flexibility index (Phi) is 3.73. The Morgan fingerprint density at radius 3 is 2.42 bits per heavy atom. The number of allylic oxidation sites excluding steroid dienone is 1. The molecule has 2 fully saturated rings. The number of hydrogen-bond acceptors (Lipinski definition) is 3. The summed E-state index contributed by atoms with van der Waals surface area (Å²) in [5, 5.41) is 2.34. The molecule has 19 heavy (non-hydrogen) atoms. The molecular weight excluding hydrogens is 244 g/mol. The van der Waals surface area contributed by atoms with Gasteiger partial charge in [0, 0.05) is 6.54 Å². The van der Waals surface area contributed by atoms with E-state index in [1.165, 1.54) is 4.90 Å². The van der Waals surface area contributed by atoms with Crippen molar-refractivity contribution in [2.24, 2.45) is 5.41 Å². The van der Waals surface area contributed by atoms with Crippen LogP contribution >= 0.6 is 0 Å². The molecule has 0 unspecified atom stereocenters. The minimum atomic E-state index is -0.998.